The van der Waals surface area contributed by atoms with Crippen LogP contribution in [0.25, 0.3) is 26.1 Å². The largest absolute Gasteiger partial charge is 0.393 e. The summed E-state index contributed by atoms with van der Waals surface area (Å²) in [5.74, 6) is 0. The first-order valence-electron chi connectivity index (χ1n) is 8.51. The van der Waals surface area contributed by atoms with Crippen LogP contribution in [-0.2, 0) is 0 Å². The summed E-state index contributed by atoms with van der Waals surface area (Å²) in [7, 11) is 0. The van der Waals surface area contributed by atoms with Gasteiger partial charge >= 0.3 is 0 Å². The second kappa shape index (κ2) is 7.38. The predicted molar refractivity (Wildman–Crippen MR) is 113 cm³/mol. The molecule has 2 N–H and O–H groups in total. The van der Waals surface area contributed by atoms with Crippen LogP contribution in [0, 0.1) is 0 Å². The molecule has 0 spiro atoms. The van der Waals surface area contributed by atoms with E-state index in [1.54, 1.807) is 24.0 Å². The van der Waals surface area contributed by atoms with E-state index in [4.69, 9.17) is 0 Å². The van der Waals surface area contributed by atoms with Crippen molar-refractivity contribution >= 4 is 53.4 Å². The fourth-order valence-electron chi connectivity index (χ4n) is 2.90. The van der Waals surface area contributed by atoms with Crippen molar-refractivity contribution in [3.63, 3.8) is 0 Å². The fourth-order valence-corrected chi connectivity index (χ4v) is 4.22. The number of thiophene rings is 1. The first-order valence-corrected chi connectivity index (χ1v) is 10.1. The van der Waals surface area contributed by atoms with E-state index in [2.05, 4.69) is 31.2 Å². The van der Waals surface area contributed by atoms with E-state index in [1.807, 2.05) is 30.3 Å². The molecule has 0 aliphatic carbocycles. The van der Waals surface area contributed by atoms with Crippen molar-refractivity contribution in [1.29, 1.82) is 0 Å². The molecular weight excluding hydrogens is 428 g/mol. The molecule has 0 aliphatic heterocycles. The zero-order valence-corrected chi connectivity index (χ0v) is 16.9. The van der Waals surface area contributed by atoms with Crippen molar-refractivity contribution in [1.82, 2.24) is 14.5 Å². The second-order valence-corrected chi connectivity index (χ2v) is 8.19. The molecule has 0 saturated heterocycles. The maximum absolute atomic E-state index is 13.0. The Labute approximate surface area is 167 Å². The summed E-state index contributed by atoms with van der Waals surface area (Å²) in [4.78, 5) is 22.8. The molecule has 0 radical (unpaired) electrons. The Morgan fingerprint density at radius 2 is 2.04 bits per heavy atom. The highest BCUT2D eigenvalue weighted by Gasteiger charge is 2.16. The van der Waals surface area contributed by atoms with E-state index >= 15 is 0 Å². The maximum atomic E-state index is 13.0. The lowest BCUT2D eigenvalue weighted by atomic mass is 10.2. The monoisotopic (exact) mass is 444 g/mol. The average molecular weight is 445 g/mol. The Morgan fingerprint density at radius 3 is 2.78 bits per heavy atom. The van der Waals surface area contributed by atoms with Gasteiger partial charge in [0.25, 0.3) is 5.56 Å². The van der Waals surface area contributed by atoms with Gasteiger partial charge in [0.05, 0.1) is 22.7 Å². The van der Waals surface area contributed by atoms with E-state index in [0.717, 1.165) is 26.1 Å². The van der Waals surface area contributed by atoms with Crippen LogP contribution in [0.5, 0.6) is 0 Å². The van der Waals surface area contributed by atoms with Crippen LogP contribution >= 0.6 is 27.3 Å². The SMILES string of the molecule is CC(O)CCNc1ccnc2sc3c(=O)n(-c4ccc(Br)cc4)cnc3c12. The molecule has 0 fully saturated rings. The highest BCUT2D eigenvalue weighted by atomic mass is 79.9. The van der Waals surface area contributed by atoms with E-state index in [1.165, 1.54) is 11.3 Å². The summed E-state index contributed by atoms with van der Waals surface area (Å²) in [5.41, 5.74) is 2.18. The Bertz CT molecular complexity index is 1170. The number of rotatable bonds is 5. The van der Waals surface area contributed by atoms with Crippen molar-refractivity contribution in [2.45, 2.75) is 19.4 Å². The number of aliphatic hydroxyl groups excluding tert-OH is 1. The molecule has 0 aliphatic rings. The van der Waals surface area contributed by atoms with Gasteiger partial charge in [-0.25, -0.2) is 9.97 Å². The highest BCUT2D eigenvalue weighted by molar-refractivity contribution is 9.10. The summed E-state index contributed by atoms with van der Waals surface area (Å²) < 4.78 is 3.07. The number of hydrogen-bond donors (Lipinski definition) is 2. The van der Waals surface area contributed by atoms with Gasteiger partial charge in [0, 0.05) is 22.9 Å². The molecule has 4 rings (SSSR count). The molecule has 0 bridgehead atoms. The Balaban J connectivity index is 1.83. The van der Waals surface area contributed by atoms with Gasteiger partial charge in [0.15, 0.2) is 0 Å². The minimum absolute atomic E-state index is 0.111. The third kappa shape index (κ3) is 3.47. The zero-order chi connectivity index (χ0) is 19.0. The van der Waals surface area contributed by atoms with Gasteiger partial charge in [-0.05, 0) is 43.7 Å². The van der Waals surface area contributed by atoms with E-state index in [0.29, 0.717) is 23.2 Å². The van der Waals surface area contributed by atoms with E-state index < -0.39 is 0 Å². The van der Waals surface area contributed by atoms with Gasteiger partial charge in [-0.1, -0.05) is 15.9 Å². The number of pyridine rings is 1. The Morgan fingerprint density at radius 1 is 1.26 bits per heavy atom. The second-order valence-electron chi connectivity index (χ2n) is 6.28. The number of benzene rings is 1. The Kier molecular flexibility index (Phi) is 4.94. The molecule has 8 heteroatoms. The first-order chi connectivity index (χ1) is 13.0. The summed E-state index contributed by atoms with van der Waals surface area (Å²) in [6.07, 6.45) is 3.54. The minimum atomic E-state index is -0.370. The smallest absolute Gasteiger partial charge is 0.275 e. The summed E-state index contributed by atoms with van der Waals surface area (Å²) in [6, 6.07) is 9.39. The third-order valence-corrected chi connectivity index (χ3v) is 5.87. The topological polar surface area (TPSA) is 80.0 Å². The van der Waals surface area contributed by atoms with Gasteiger partial charge in [0.1, 0.15) is 15.9 Å². The summed E-state index contributed by atoms with van der Waals surface area (Å²) >= 11 is 4.75. The summed E-state index contributed by atoms with van der Waals surface area (Å²) in [5, 5.41) is 13.6. The number of aliphatic hydroxyl groups is 1. The molecule has 0 saturated carbocycles. The molecular formula is C19H17BrN4O2S. The molecule has 1 aromatic carbocycles. The number of fused-ring (bicyclic) bond motifs is 3. The van der Waals surface area contributed by atoms with Crippen LogP contribution in [0.3, 0.4) is 0 Å². The number of nitrogens with one attached hydrogen (secondary N) is 1. The van der Waals surface area contributed by atoms with Gasteiger partial charge in [0.2, 0.25) is 0 Å². The van der Waals surface area contributed by atoms with Crippen LogP contribution in [0.15, 0.2) is 52.1 Å². The Hall–Kier alpha value is -2.29. The van der Waals surface area contributed by atoms with Gasteiger partial charge in [-0.2, -0.15) is 0 Å². The van der Waals surface area contributed by atoms with Crippen LogP contribution < -0.4 is 10.9 Å². The first kappa shape index (κ1) is 18.1. The molecule has 0 amide bonds. The number of hydrogen-bond acceptors (Lipinski definition) is 6. The van der Waals surface area contributed by atoms with Gasteiger partial charge in [-0.15, -0.1) is 11.3 Å². The molecule has 27 heavy (non-hydrogen) atoms. The molecule has 3 aromatic heterocycles. The van der Waals surface area contributed by atoms with Gasteiger partial charge in [-0.3, -0.25) is 9.36 Å². The lowest BCUT2D eigenvalue weighted by Gasteiger charge is -2.09. The minimum Gasteiger partial charge on any atom is -0.393 e. The van der Waals surface area contributed by atoms with Gasteiger partial charge < -0.3 is 10.4 Å². The molecule has 1 atom stereocenters. The fraction of sp³-hybridized carbons (Fsp3) is 0.211. The molecule has 4 aromatic rings. The molecule has 3 heterocycles. The average Bonchev–Trinajstić information content (AvgIpc) is 3.03. The number of anilines is 1. The van der Waals surface area contributed by atoms with Crippen molar-refractivity contribution in [2.75, 3.05) is 11.9 Å². The number of halogens is 1. The number of aromatic nitrogens is 3. The number of nitrogens with zero attached hydrogens (tertiary/aromatic N) is 3. The molecule has 1 unspecified atom stereocenters. The van der Waals surface area contributed by atoms with Crippen molar-refractivity contribution in [2.24, 2.45) is 0 Å². The lowest BCUT2D eigenvalue weighted by molar-refractivity contribution is 0.189. The highest BCUT2D eigenvalue weighted by Crippen LogP contribution is 2.34. The predicted octanol–water partition coefficient (Wildman–Crippen LogP) is 3.94. The molecule has 6 nitrogen and oxygen atoms in total. The molecule has 138 valence electrons. The van der Waals surface area contributed by atoms with Crippen LogP contribution in [-0.4, -0.2) is 32.3 Å². The van der Waals surface area contributed by atoms with Crippen molar-refractivity contribution < 1.29 is 5.11 Å². The maximum Gasteiger partial charge on any atom is 0.275 e. The third-order valence-electron chi connectivity index (χ3n) is 4.26. The standard InChI is InChI=1S/C19H17BrN4O2S/c1-11(25)6-8-21-14-7-9-22-18-15(14)16-17(27-18)19(26)24(10-23-16)13-4-2-12(20)3-5-13/h2-5,7,9-11,25H,6,8H2,1H3,(H,21,22). The van der Waals surface area contributed by atoms with Crippen molar-refractivity contribution in [3.05, 3.63) is 57.7 Å². The van der Waals surface area contributed by atoms with Crippen molar-refractivity contribution in [3.8, 4) is 5.69 Å². The van der Waals surface area contributed by atoms with Crippen LogP contribution in [0.1, 0.15) is 13.3 Å². The van der Waals surface area contributed by atoms with E-state index in [-0.39, 0.29) is 11.7 Å². The zero-order valence-electron chi connectivity index (χ0n) is 14.5. The van der Waals surface area contributed by atoms with Crippen LogP contribution in [0.2, 0.25) is 0 Å². The van der Waals surface area contributed by atoms with Crippen LogP contribution in [0.4, 0.5) is 5.69 Å². The quantitative estimate of drug-likeness (QED) is 0.487. The van der Waals surface area contributed by atoms with E-state index in [9.17, 15) is 9.90 Å². The summed E-state index contributed by atoms with van der Waals surface area (Å²) in [6.45, 7) is 2.39. The lowest BCUT2D eigenvalue weighted by Crippen LogP contribution is -2.17. The normalized spacial score (nSPS) is 12.6.